The van der Waals surface area contributed by atoms with Crippen LogP contribution in [0.3, 0.4) is 0 Å². The minimum atomic E-state index is -0.199. The van der Waals surface area contributed by atoms with E-state index in [2.05, 4.69) is 5.32 Å². The number of fused-ring (bicyclic) bond motifs is 1. The second-order valence-corrected chi connectivity index (χ2v) is 5.17. The van der Waals surface area contributed by atoms with E-state index in [0.29, 0.717) is 22.9 Å². The molecule has 1 heterocycles. The van der Waals surface area contributed by atoms with Gasteiger partial charge in [0.25, 0.3) is 5.91 Å². The number of hydrogen-bond acceptors (Lipinski definition) is 3. The van der Waals surface area contributed by atoms with E-state index in [9.17, 15) is 4.79 Å². The smallest absolute Gasteiger partial charge is 0.272 e. The van der Waals surface area contributed by atoms with Crippen molar-refractivity contribution in [3.63, 3.8) is 0 Å². The van der Waals surface area contributed by atoms with Gasteiger partial charge in [-0.2, -0.15) is 0 Å². The van der Waals surface area contributed by atoms with Gasteiger partial charge < -0.3 is 19.4 Å². The van der Waals surface area contributed by atoms with Gasteiger partial charge in [-0.15, -0.1) is 0 Å². The van der Waals surface area contributed by atoms with Crippen LogP contribution in [-0.4, -0.2) is 24.7 Å². The minimum Gasteiger partial charge on any atom is -0.497 e. The van der Waals surface area contributed by atoms with Crippen LogP contribution in [-0.2, 0) is 7.05 Å². The van der Waals surface area contributed by atoms with E-state index in [1.165, 1.54) is 0 Å². The molecule has 0 aliphatic carbocycles. The van der Waals surface area contributed by atoms with Crippen LogP contribution in [0.4, 0.5) is 5.69 Å². The number of ether oxygens (including phenoxy) is 2. The molecule has 3 rings (SSSR count). The first-order valence-electron chi connectivity index (χ1n) is 7.22. The fraction of sp³-hybridized carbons (Fsp3) is 0.167. The molecule has 1 N–H and O–H groups in total. The van der Waals surface area contributed by atoms with Crippen molar-refractivity contribution in [2.45, 2.75) is 0 Å². The molecule has 0 aliphatic heterocycles. The molecule has 0 bridgehead atoms. The van der Waals surface area contributed by atoms with Gasteiger partial charge in [-0.3, -0.25) is 4.79 Å². The Morgan fingerprint density at radius 3 is 2.52 bits per heavy atom. The molecule has 23 heavy (non-hydrogen) atoms. The number of rotatable bonds is 4. The molecular formula is C18H18N2O3. The van der Waals surface area contributed by atoms with Crippen molar-refractivity contribution in [3.05, 3.63) is 54.2 Å². The zero-order valence-corrected chi connectivity index (χ0v) is 13.3. The summed E-state index contributed by atoms with van der Waals surface area (Å²) in [4.78, 5) is 12.6. The van der Waals surface area contributed by atoms with E-state index in [1.54, 1.807) is 32.4 Å². The van der Waals surface area contributed by atoms with Gasteiger partial charge in [0.2, 0.25) is 0 Å². The maximum atomic E-state index is 12.6. The SMILES string of the molecule is COc1ccc(OC)c(NC(=O)c2cc3ccccc3n2C)c1. The average Bonchev–Trinajstić information content (AvgIpc) is 2.92. The van der Waals surface area contributed by atoms with Crippen LogP contribution in [0, 0.1) is 0 Å². The van der Waals surface area contributed by atoms with Crippen LogP contribution in [0.1, 0.15) is 10.5 Å². The molecular weight excluding hydrogens is 292 g/mol. The first-order valence-corrected chi connectivity index (χ1v) is 7.22. The van der Waals surface area contributed by atoms with E-state index in [-0.39, 0.29) is 5.91 Å². The number of benzene rings is 2. The van der Waals surface area contributed by atoms with Crippen LogP contribution in [0.25, 0.3) is 10.9 Å². The average molecular weight is 310 g/mol. The molecule has 5 nitrogen and oxygen atoms in total. The van der Waals surface area contributed by atoms with Crippen LogP contribution in [0.5, 0.6) is 11.5 Å². The highest BCUT2D eigenvalue weighted by Gasteiger charge is 2.15. The molecule has 0 fully saturated rings. The second kappa shape index (κ2) is 6.04. The summed E-state index contributed by atoms with van der Waals surface area (Å²) >= 11 is 0. The summed E-state index contributed by atoms with van der Waals surface area (Å²) in [5, 5.41) is 3.92. The normalized spacial score (nSPS) is 10.6. The predicted molar refractivity (Wildman–Crippen MR) is 90.4 cm³/mol. The monoisotopic (exact) mass is 310 g/mol. The summed E-state index contributed by atoms with van der Waals surface area (Å²) in [6.45, 7) is 0. The molecule has 5 heteroatoms. The van der Waals surface area contributed by atoms with Crippen molar-refractivity contribution in [2.75, 3.05) is 19.5 Å². The molecule has 0 saturated heterocycles. The van der Waals surface area contributed by atoms with Crippen molar-refractivity contribution < 1.29 is 14.3 Å². The highest BCUT2D eigenvalue weighted by molar-refractivity contribution is 6.07. The lowest BCUT2D eigenvalue weighted by atomic mass is 10.2. The highest BCUT2D eigenvalue weighted by atomic mass is 16.5. The van der Waals surface area contributed by atoms with Gasteiger partial charge in [-0.25, -0.2) is 0 Å². The Balaban J connectivity index is 1.96. The lowest BCUT2D eigenvalue weighted by Gasteiger charge is -2.12. The highest BCUT2D eigenvalue weighted by Crippen LogP contribution is 2.29. The maximum absolute atomic E-state index is 12.6. The molecule has 0 atom stereocenters. The van der Waals surface area contributed by atoms with E-state index < -0.39 is 0 Å². The predicted octanol–water partition coefficient (Wildman–Crippen LogP) is 3.45. The number of para-hydroxylation sites is 1. The van der Waals surface area contributed by atoms with Crippen LogP contribution in [0.2, 0.25) is 0 Å². The Bertz CT molecular complexity index is 868. The Labute approximate surface area is 134 Å². The van der Waals surface area contributed by atoms with Gasteiger partial charge in [0.05, 0.1) is 19.9 Å². The molecule has 0 saturated carbocycles. The number of anilines is 1. The Morgan fingerprint density at radius 2 is 1.83 bits per heavy atom. The molecule has 1 aromatic heterocycles. The second-order valence-electron chi connectivity index (χ2n) is 5.17. The van der Waals surface area contributed by atoms with Crippen molar-refractivity contribution >= 4 is 22.5 Å². The fourth-order valence-corrected chi connectivity index (χ4v) is 2.60. The summed E-state index contributed by atoms with van der Waals surface area (Å²) in [6, 6.07) is 15.0. The van der Waals surface area contributed by atoms with Gasteiger partial charge in [0.15, 0.2) is 0 Å². The topological polar surface area (TPSA) is 52.5 Å². The van der Waals surface area contributed by atoms with E-state index >= 15 is 0 Å². The Hall–Kier alpha value is -2.95. The lowest BCUT2D eigenvalue weighted by Crippen LogP contribution is -2.16. The third-order valence-electron chi connectivity index (χ3n) is 3.84. The molecule has 0 unspecified atom stereocenters. The maximum Gasteiger partial charge on any atom is 0.272 e. The third-order valence-corrected chi connectivity index (χ3v) is 3.84. The number of carbonyl (C=O) groups is 1. The Morgan fingerprint density at radius 1 is 1.04 bits per heavy atom. The van der Waals surface area contributed by atoms with Gasteiger partial charge in [0.1, 0.15) is 17.2 Å². The molecule has 1 amide bonds. The van der Waals surface area contributed by atoms with Crippen molar-refractivity contribution in [1.29, 1.82) is 0 Å². The summed E-state index contributed by atoms with van der Waals surface area (Å²) in [7, 11) is 5.02. The van der Waals surface area contributed by atoms with Gasteiger partial charge >= 0.3 is 0 Å². The van der Waals surface area contributed by atoms with Gasteiger partial charge in [-0.05, 0) is 24.3 Å². The summed E-state index contributed by atoms with van der Waals surface area (Å²) in [5.41, 5.74) is 2.16. The van der Waals surface area contributed by atoms with E-state index in [1.807, 2.05) is 41.9 Å². The van der Waals surface area contributed by atoms with E-state index in [0.717, 1.165) is 10.9 Å². The molecule has 3 aromatic rings. The van der Waals surface area contributed by atoms with Crippen LogP contribution in [0.15, 0.2) is 48.5 Å². The summed E-state index contributed by atoms with van der Waals surface area (Å²) in [6.07, 6.45) is 0. The number of methoxy groups -OCH3 is 2. The number of nitrogens with zero attached hydrogens (tertiary/aromatic N) is 1. The molecule has 0 aliphatic rings. The van der Waals surface area contributed by atoms with E-state index in [4.69, 9.17) is 9.47 Å². The Kier molecular flexibility index (Phi) is 3.93. The van der Waals surface area contributed by atoms with Crippen molar-refractivity contribution in [1.82, 2.24) is 4.57 Å². The minimum absolute atomic E-state index is 0.199. The summed E-state index contributed by atoms with van der Waals surface area (Å²) < 4.78 is 12.4. The van der Waals surface area contributed by atoms with Gasteiger partial charge in [0, 0.05) is 24.0 Å². The number of aryl methyl sites for hydroxylation is 1. The molecule has 0 radical (unpaired) electrons. The van der Waals surface area contributed by atoms with Crippen LogP contribution < -0.4 is 14.8 Å². The lowest BCUT2D eigenvalue weighted by molar-refractivity contribution is 0.101. The third kappa shape index (κ3) is 2.73. The first-order chi connectivity index (χ1) is 11.1. The van der Waals surface area contributed by atoms with Crippen molar-refractivity contribution in [2.24, 2.45) is 7.05 Å². The van der Waals surface area contributed by atoms with Gasteiger partial charge in [-0.1, -0.05) is 18.2 Å². The standard InChI is InChI=1S/C18H18N2O3/c1-20-15-7-5-4-6-12(15)10-16(20)18(21)19-14-11-13(22-2)8-9-17(14)23-3/h4-11H,1-3H3,(H,19,21). The quantitative estimate of drug-likeness (QED) is 0.803. The number of amides is 1. The zero-order valence-electron chi connectivity index (χ0n) is 13.3. The van der Waals surface area contributed by atoms with Crippen LogP contribution >= 0.6 is 0 Å². The number of carbonyl (C=O) groups excluding carboxylic acids is 1. The fourth-order valence-electron chi connectivity index (χ4n) is 2.60. The largest absolute Gasteiger partial charge is 0.497 e. The molecule has 118 valence electrons. The molecule has 0 spiro atoms. The number of aromatic nitrogens is 1. The zero-order chi connectivity index (χ0) is 16.4. The molecule has 2 aromatic carbocycles. The summed E-state index contributed by atoms with van der Waals surface area (Å²) in [5.74, 6) is 1.03. The first kappa shape index (κ1) is 15.0. The number of hydrogen-bond donors (Lipinski definition) is 1. The van der Waals surface area contributed by atoms with Crippen molar-refractivity contribution in [3.8, 4) is 11.5 Å². The number of nitrogens with one attached hydrogen (secondary N) is 1.